The fourth-order valence-corrected chi connectivity index (χ4v) is 3.72. The van der Waals surface area contributed by atoms with Crippen molar-refractivity contribution in [2.75, 3.05) is 5.32 Å². The number of aryl methyl sites for hydroxylation is 1. The lowest BCUT2D eigenvalue weighted by Gasteiger charge is -2.22. The number of benzene rings is 2. The third-order valence-electron chi connectivity index (χ3n) is 4.66. The van der Waals surface area contributed by atoms with Crippen LogP contribution in [-0.2, 0) is 17.6 Å². The van der Waals surface area contributed by atoms with Gasteiger partial charge >= 0.3 is 6.03 Å². The Balaban J connectivity index is 1.77. The van der Waals surface area contributed by atoms with E-state index in [-0.39, 0.29) is 12.3 Å². The summed E-state index contributed by atoms with van der Waals surface area (Å²) in [5.74, 6) is -0.192. The molecule has 0 aliphatic heterocycles. The highest BCUT2D eigenvalue weighted by atomic mass is 35.5. The average Bonchev–Trinajstić information content (AvgIpc) is 2.61. The Morgan fingerprint density at radius 2 is 1.85 bits per heavy atom. The first-order valence-corrected chi connectivity index (χ1v) is 9.13. The lowest BCUT2D eigenvalue weighted by molar-refractivity contribution is -0.116. The molecule has 1 aliphatic rings. The molecule has 0 aromatic heterocycles. The van der Waals surface area contributed by atoms with E-state index in [9.17, 15) is 9.59 Å². The fourth-order valence-electron chi connectivity index (χ4n) is 3.45. The third-order valence-corrected chi connectivity index (χ3v) is 5.00. The molecule has 136 valence electrons. The minimum Gasteiger partial charge on any atom is -0.352 e. The summed E-state index contributed by atoms with van der Waals surface area (Å²) >= 11 is 6.22. The minimum atomic E-state index is -0.695. The van der Waals surface area contributed by atoms with E-state index in [2.05, 4.69) is 16.7 Å². The average molecular weight is 372 g/mol. The maximum atomic E-state index is 12.6. The zero-order chi connectivity index (χ0) is 18.5. The van der Waals surface area contributed by atoms with Crippen molar-refractivity contribution in [3.8, 4) is 0 Å². The highest BCUT2D eigenvalue weighted by Gasteiger charge is 2.21. The Morgan fingerprint density at radius 1 is 1.08 bits per heavy atom. The lowest BCUT2D eigenvalue weighted by Crippen LogP contribution is -2.35. The molecule has 0 unspecified atom stereocenters. The van der Waals surface area contributed by atoms with Gasteiger partial charge in [0.15, 0.2) is 0 Å². The second kappa shape index (κ2) is 8.23. The number of halogens is 1. The summed E-state index contributed by atoms with van der Waals surface area (Å²) in [5, 5.41) is 6.08. The topological polar surface area (TPSA) is 84.2 Å². The Labute approximate surface area is 157 Å². The van der Waals surface area contributed by atoms with Crippen molar-refractivity contribution in [3.63, 3.8) is 0 Å². The predicted octanol–water partition coefficient (Wildman–Crippen LogP) is 3.96. The van der Waals surface area contributed by atoms with E-state index < -0.39 is 12.1 Å². The number of hydrogen-bond acceptors (Lipinski definition) is 2. The minimum absolute atomic E-state index is 0.0519. The fraction of sp³-hybridized carbons (Fsp3) is 0.300. The summed E-state index contributed by atoms with van der Waals surface area (Å²) < 4.78 is 0. The molecule has 0 spiro atoms. The molecule has 6 heteroatoms. The van der Waals surface area contributed by atoms with Crippen LogP contribution < -0.4 is 16.4 Å². The Bertz CT molecular complexity index is 822. The van der Waals surface area contributed by atoms with Crippen LogP contribution >= 0.6 is 11.6 Å². The van der Waals surface area contributed by atoms with Gasteiger partial charge in [0, 0.05) is 10.7 Å². The normalized spacial score (nSPS) is 14.2. The van der Waals surface area contributed by atoms with E-state index in [1.165, 1.54) is 17.5 Å². The van der Waals surface area contributed by atoms with Gasteiger partial charge in [-0.15, -0.1) is 0 Å². The maximum Gasteiger partial charge on any atom is 0.312 e. The standard InChI is InChI=1S/C20H22ClN3O2/c21-16-10-4-3-9-15(16)18(24-20(22)26)12-19(25)23-17-11-5-7-13-6-1-2-8-14(13)17/h3-5,7,9-11,18H,1-2,6,8,12H2,(H,23,25)(H3,22,24,26)/t18-/m1/s1. The summed E-state index contributed by atoms with van der Waals surface area (Å²) in [6, 6.07) is 11.8. The van der Waals surface area contributed by atoms with Gasteiger partial charge in [-0.1, -0.05) is 41.9 Å². The van der Waals surface area contributed by atoms with Gasteiger partial charge < -0.3 is 16.4 Å². The van der Waals surface area contributed by atoms with Crippen molar-refractivity contribution in [2.24, 2.45) is 5.73 Å². The Hall–Kier alpha value is -2.53. The van der Waals surface area contributed by atoms with Crippen LogP contribution in [0.1, 0.15) is 42.0 Å². The van der Waals surface area contributed by atoms with Crippen LogP contribution in [0.2, 0.25) is 5.02 Å². The zero-order valence-electron chi connectivity index (χ0n) is 14.4. The summed E-state index contributed by atoms with van der Waals surface area (Å²) in [6.45, 7) is 0. The number of amides is 3. The van der Waals surface area contributed by atoms with E-state index >= 15 is 0 Å². The number of anilines is 1. The van der Waals surface area contributed by atoms with Gasteiger partial charge in [0.25, 0.3) is 0 Å². The van der Waals surface area contributed by atoms with Crippen LogP contribution in [0.3, 0.4) is 0 Å². The summed E-state index contributed by atoms with van der Waals surface area (Å²) in [4.78, 5) is 24.0. The van der Waals surface area contributed by atoms with Crippen LogP contribution in [0.15, 0.2) is 42.5 Å². The van der Waals surface area contributed by atoms with Gasteiger partial charge in [0.05, 0.1) is 12.5 Å². The number of hydrogen-bond donors (Lipinski definition) is 3. The summed E-state index contributed by atoms with van der Waals surface area (Å²) in [6.07, 6.45) is 4.38. The molecule has 2 aromatic rings. The number of urea groups is 1. The molecule has 3 rings (SSSR count). The van der Waals surface area contributed by atoms with Crippen molar-refractivity contribution >= 4 is 29.2 Å². The van der Waals surface area contributed by atoms with Crippen molar-refractivity contribution in [1.29, 1.82) is 0 Å². The molecule has 4 N–H and O–H groups in total. The molecule has 0 fully saturated rings. The Kier molecular flexibility index (Phi) is 5.78. The monoisotopic (exact) mass is 371 g/mol. The predicted molar refractivity (Wildman–Crippen MR) is 103 cm³/mol. The van der Waals surface area contributed by atoms with Crippen molar-refractivity contribution < 1.29 is 9.59 Å². The number of fused-ring (bicyclic) bond motifs is 1. The van der Waals surface area contributed by atoms with E-state index in [0.29, 0.717) is 10.6 Å². The number of nitrogens with one attached hydrogen (secondary N) is 2. The van der Waals surface area contributed by atoms with Gasteiger partial charge in [-0.25, -0.2) is 4.79 Å². The van der Waals surface area contributed by atoms with Gasteiger partial charge in [-0.2, -0.15) is 0 Å². The maximum absolute atomic E-state index is 12.6. The second-order valence-corrected chi connectivity index (χ2v) is 6.89. The molecule has 1 atom stereocenters. The van der Waals surface area contributed by atoms with Crippen LogP contribution in [0, 0.1) is 0 Å². The molecular weight excluding hydrogens is 350 g/mol. The quantitative estimate of drug-likeness (QED) is 0.743. The largest absolute Gasteiger partial charge is 0.352 e. The van der Waals surface area contributed by atoms with Crippen LogP contribution in [0.4, 0.5) is 10.5 Å². The molecule has 3 amide bonds. The van der Waals surface area contributed by atoms with Crippen molar-refractivity contribution in [2.45, 2.75) is 38.1 Å². The van der Waals surface area contributed by atoms with Gasteiger partial charge in [0.1, 0.15) is 0 Å². The van der Waals surface area contributed by atoms with Crippen LogP contribution in [-0.4, -0.2) is 11.9 Å². The third kappa shape index (κ3) is 4.35. The Morgan fingerprint density at radius 3 is 2.62 bits per heavy atom. The molecule has 0 heterocycles. The van der Waals surface area contributed by atoms with Crippen molar-refractivity contribution in [3.05, 3.63) is 64.2 Å². The first-order chi connectivity index (χ1) is 12.5. The number of rotatable bonds is 5. The lowest BCUT2D eigenvalue weighted by atomic mass is 9.90. The molecular formula is C20H22ClN3O2. The number of carbonyl (C=O) groups excluding carboxylic acids is 2. The molecule has 0 saturated heterocycles. The first kappa shape index (κ1) is 18.3. The van der Waals surface area contributed by atoms with Crippen LogP contribution in [0.25, 0.3) is 0 Å². The molecule has 26 heavy (non-hydrogen) atoms. The van der Waals surface area contributed by atoms with E-state index in [0.717, 1.165) is 24.9 Å². The number of carbonyl (C=O) groups is 2. The number of nitrogens with two attached hydrogens (primary N) is 1. The SMILES string of the molecule is NC(=O)N[C@H](CC(=O)Nc1cccc2c1CCCC2)c1ccccc1Cl. The molecule has 2 aromatic carbocycles. The molecule has 5 nitrogen and oxygen atoms in total. The molecule has 0 bridgehead atoms. The highest BCUT2D eigenvalue weighted by molar-refractivity contribution is 6.31. The van der Waals surface area contributed by atoms with Gasteiger partial charge in [-0.3, -0.25) is 4.79 Å². The molecule has 0 radical (unpaired) electrons. The zero-order valence-corrected chi connectivity index (χ0v) is 15.2. The first-order valence-electron chi connectivity index (χ1n) is 8.75. The summed E-state index contributed by atoms with van der Waals surface area (Å²) in [5.41, 5.74) is 9.30. The number of primary amides is 1. The van der Waals surface area contributed by atoms with Gasteiger partial charge in [-0.05, 0) is 54.5 Å². The smallest absolute Gasteiger partial charge is 0.312 e. The second-order valence-electron chi connectivity index (χ2n) is 6.49. The van der Waals surface area contributed by atoms with Crippen molar-refractivity contribution in [1.82, 2.24) is 5.32 Å². The van der Waals surface area contributed by atoms with E-state index in [1.807, 2.05) is 18.2 Å². The molecule has 0 saturated carbocycles. The van der Waals surface area contributed by atoms with Crippen LogP contribution in [0.5, 0.6) is 0 Å². The van der Waals surface area contributed by atoms with Gasteiger partial charge in [0.2, 0.25) is 5.91 Å². The van der Waals surface area contributed by atoms with E-state index in [4.69, 9.17) is 17.3 Å². The van der Waals surface area contributed by atoms with E-state index in [1.54, 1.807) is 18.2 Å². The summed E-state index contributed by atoms with van der Waals surface area (Å²) in [7, 11) is 0. The highest BCUT2D eigenvalue weighted by Crippen LogP contribution is 2.29. The molecule has 1 aliphatic carbocycles.